The van der Waals surface area contributed by atoms with E-state index in [1.165, 1.54) is 89.9 Å². The number of aliphatic hydroxyl groups is 2. The van der Waals surface area contributed by atoms with Gasteiger partial charge in [-0.25, -0.2) is 0 Å². The SMILES string of the molecule is CCCCC/C=C/C/C=C/CCCCCCCC(=O)OC(COC(=O)CCCCCCCCCCCCCCCCC)COP(=O)([O-])OCC(O)CO.[Na+]. The molecule has 0 saturated carbocycles. The van der Waals surface area contributed by atoms with Crippen LogP contribution in [-0.4, -0.2) is 60.8 Å². The van der Waals surface area contributed by atoms with Gasteiger partial charge in [-0.2, -0.15) is 0 Å². The largest absolute Gasteiger partial charge is 1.00 e. The van der Waals surface area contributed by atoms with E-state index in [1.807, 2.05) is 0 Å². The van der Waals surface area contributed by atoms with Crippen LogP contribution in [0.15, 0.2) is 24.3 Å². The maximum absolute atomic E-state index is 12.6. The van der Waals surface area contributed by atoms with Gasteiger partial charge in [0.15, 0.2) is 6.10 Å². The molecule has 312 valence electrons. The number of carbonyl (C=O) groups excluding carboxylic acids is 2. The van der Waals surface area contributed by atoms with Crippen LogP contribution in [0.4, 0.5) is 0 Å². The smallest absolute Gasteiger partial charge is 0.756 e. The number of esters is 2. The topological polar surface area (TPSA) is 152 Å². The van der Waals surface area contributed by atoms with E-state index >= 15 is 0 Å². The molecule has 0 aliphatic carbocycles. The van der Waals surface area contributed by atoms with Crippen molar-refractivity contribution < 1.29 is 77.3 Å². The first-order valence-electron chi connectivity index (χ1n) is 21.3. The summed E-state index contributed by atoms with van der Waals surface area (Å²) in [6.45, 7) is 2.17. The number of phosphoric acid groups is 1. The van der Waals surface area contributed by atoms with Crippen molar-refractivity contribution in [2.24, 2.45) is 0 Å². The predicted molar refractivity (Wildman–Crippen MR) is 212 cm³/mol. The number of hydrogen-bond donors (Lipinski definition) is 2. The molecule has 0 amide bonds. The molecule has 3 unspecified atom stereocenters. The second kappa shape index (κ2) is 42.1. The molecule has 0 aromatic carbocycles. The van der Waals surface area contributed by atoms with Gasteiger partial charge in [0, 0.05) is 12.8 Å². The van der Waals surface area contributed by atoms with Gasteiger partial charge in [0.05, 0.1) is 19.8 Å². The Hall–Kier alpha value is -0.550. The maximum Gasteiger partial charge on any atom is 1.00 e. The van der Waals surface area contributed by atoms with Crippen molar-refractivity contribution in [1.82, 2.24) is 0 Å². The summed E-state index contributed by atoms with van der Waals surface area (Å²) < 4.78 is 32.3. The molecule has 2 N–H and O–H groups in total. The fourth-order valence-electron chi connectivity index (χ4n) is 5.78. The first kappa shape index (κ1) is 55.5. The van der Waals surface area contributed by atoms with Crippen LogP contribution in [0.5, 0.6) is 0 Å². The van der Waals surface area contributed by atoms with Gasteiger partial charge >= 0.3 is 41.5 Å². The van der Waals surface area contributed by atoms with Crippen LogP contribution in [-0.2, 0) is 32.7 Å². The Kier molecular flexibility index (Phi) is 43.3. The number of aliphatic hydroxyl groups excluding tert-OH is 2. The normalized spacial score (nSPS) is 13.9. The predicted octanol–water partition coefficient (Wildman–Crippen LogP) is 7.38. The third kappa shape index (κ3) is 41.1. The standard InChI is InChI=1S/C42H79O10P.Na/c1-3-5-7-9-11-13-15-17-19-21-23-25-27-29-31-33-41(45)49-37-40(38-51-53(47,48)50-36-39(44)35-43)52-42(46)34-32-30-28-26-24-22-20-18-16-14-12-10-8-6-4-2;/h12,14,18,20,39-40,43-44H,3-11,13,15-17,19,21-38H2,1-2H3,(H,47,48);/q;+1/p-1/b14-12+,20-18+;. The molecule has 10 nitrogen and oxygen atoms in total. The summed E-state index contributed by atoms with van der Waals surface area (Å²) in [7, 11) is -4.87. The van der Waals surface area contributed by atoms with E-state index in [9.17, 15) is 24.2 Å². The monoisotopic (exact) mass is 797 g/mol. The van der Waals surface area contributed by atoms with Crippen molar-refractivity contribution in [1.29, 1.82) is 0 Å². The molecule has 0 saturated heterocycles. The Morgan fingerprint density at radius 3 is 1.50 bits per heavy atom. The number of allylic oxidation sites excluding steroid dienone is 4. The first-order chi connectivity index (χ1) is 25.7. The molecule has 0 fully saturated rings. The van der Waals surface area contributed by atoms with Crippen LogP contribution in [0.2, 0.25) is 0 Å². The zero-order valence-electron chi connectivity index (χ0n) is 34.7. The van der Waals surface area contributed by atoms with Crippen LogP contribution in [0, 0.1) is 0 Å². The minimum atomic E-state index is -4.87. The van der Waals surface area contributed by atoms with Gasteiger partial charge in [-0.05, 0) is 44.9 Å². The van der Waals surface area contributed by atoms with Gasteiger partial charge in [-0.3, -0.25) is 14.2 Å². The molecular weight excluding hydrogens is 718 g/mol. The number of ether oxygens (including phenoxy) is 2. The van der Waals surface area contributed by atoms with Crippen LogP contribution in [0.25, 0.3) is 0 Å². The Labute approximate surface area is 351 Å². The van der Waals surface area contributed by atoms with Crippen molar-refractivity contribution in [2.45, 2.75) is 206 Å². The number of carbonyl (C=O) groups is 2. The van der Waals surface area contributed by atoms with E-state index < -0.39 is 51.8 Å². The van der Waals surface area contributed by atoms with Gasteiger partial charge in [0.2, 0.25) is 0 Å². The molecule has 0 heterocycles. The molecule has 0 aromatic rings. The van der Waals surface area contributed by atoms with Crippen molar-refractivity contribution in [3.63, 3.8) is 0 Å². The van der Waals surface area contributed by atoms with Gasteiger partial charge in [-0.1, -0.05) is 160 Å². The summed E-state index contributed by atoms with van der Waals surface area (Å²) in [6, 6.07) is 0. The number of phosphoric ester groups is 1. The summed E-state index contributed by atoms with van der Waals surface area (Å²) in [4.78, 5) is 37.1. The first-order valence-corrected chi connectivity index (χ1v) is 22.7. The average molecular weight is 797 g/mol. The minimum Gasteiger partial charge on any atom is -0.756 e. The molecule has 12 heteroatoms. The number of rotatable bonds is 40. The maximum atomic E-state index is 12.6. The van der Waals surface area contributed by atoms with Crippen LogP contribution in [0.3, 0.4) is 0 Å². The van der Waals surface area contributed by atoms with Crippen molar-refractivity contribution in [3.8, 4) is 0 Å². The van der Waals surface area contributed by atoms with Gasteiger partial charge in [-0.15, -0.1) is 0 Å². The summed E-state index contributed by atoms with van der Waals surface area (Å²) >= 11 is 0. The molecule has 0 radical (unpaired) electrons. The van der Waals surface area contributed by atoms with Gasteiger partial charge < -0.3 is 33.6 Å². The zero-order valence-corrected chi connectivity index (χ0v) is 37.6. The zero-order chi connectivity index (χ0) is 39.1. The second-order valence-electron chi connectivity index (χ2n) is 14.4. The molecule has 54 heavy (non-hydrogen) atoms. The third-order valence-corrected chi connectivity index (χ3v) is 10.0. The average Bonchev–Trinajstić information content (AvgIpc) is 3.14. The van der Waals surface area contributed by atoms with E-state index in [4.69, 9.17) is 19.1 Å². The molecule has 3 atom stereocenters. The summed E-state index contributed by atoms with van der Waals surface area (Å²) in [6.07, 6.45) is 36.8. The van der Waals surface area contributed by atoms with E-state index in [-0.39, 0.29) is 49.0 Å². The molecule has 0 spiro atoms. The molecule has 0 aromatic heterocycles. The molecule has 0 aliphatic rings. The summed E-state index contributed by atoms with van der Waals surface area (Å²) in [5.41, 5.74) is 0. The van der Waals surface area contributed by atoms with E-state index in [0.29, 0.717) is 12.8 Å². The Morgan fingerprint density at radius 1 is 0.593 bits per heavy atom. The van der Waals surface area contributed by atoms with Crippen molar-refractivity contribution in [2.75, 3.05) is 26.4 Å². The van der Waals surface area contributed by atoms with Crippen molar-refractivity contribution >= 4 is 19.8 Å². The number of unbranched alkanes of at least 4 members (excludes halogenated alkanes) is 22. The molecule has 0 bridgehead atoms. The second-order valence-corrected chi connectivity index (χ2v) is 15.8. The van der Waals surface area contributed by atoms with Gasteiger partial charge in [0.25, 0.3) is 7.82 Å². The van der Waals surface area contributed by atoms with Gasteiger partial charge in [0.1, 0.15) is 12.7 Å². The van der Waals surface area contributed by atoms with Crippen molar-refractivity contribution in [3.05, 3.63) is 24.3 Å². The van der Waals surface area contributed by atoms with Crippen LogP contribution < -0.4 is 34.5 Å². The molecule has 0 rings (SSSR count). The van der Waals surface area contributed by atoms with E-state index in [2.05, 4.69) is 42.7 Å². The van der Waals surface area contributed by atoms with E-state index in [1.54, 1.807) is 0 Å². The van der Waals surface area contributed by atoms with Crippen LogP contribution in [0.1, 0.15) is 194 Å². The quantitative estimate of drug-likeness (QED) is 0.0211. The van der Waals surface area contributed by atoms with E-state index in [0.717, 1.165) is 64.2 Å². The number of hydrogen-bond acceptors (Lipinski definition) is 10. The Balaban J connectivity index is 0. The third-order valence-electron chi connectivity index (χ3n) is 9.10. The molecule has 0 aliphatic heterocycles. The summed E-state index contributed by atoms with van der Waals surface area (Å²) in [5, 5.41) is 18.3. The fraction of sp³-hybridized carbons (Fsp3) is 0.857. The molecular formula is C42H78NaO10P. The minimum absolute atomic E-state index is 0. The fourth-order valence-corrected chi connectivity index (χ4v) is 6.56. The van der Waals surface area contributed by atoms with Crippen LogP contribution >= 0.6 is 7.82 Å². The summed E-state index contributed by atoms with van der Waals surface area (Å²) in [5.74, 6) is -0.970. The Bertz CT molecular complexity index is 948. The Morgan fingerprint density at radius 2 is 1.00 bits per heavy atom.